The van der Waals surface area contributed by atoms with E-state index in [1.54, 1.807) is 0 Å². The van der Waals surface area contributed by atoms with Crippen LogP contribution in [-0.4, -0.2) is 29.3 Å². The van der Waals surface area contributed by atoms with Gasteiger partial charge in [-0.3, -0.25) is 0 Å². The highest BCUT2D eigenvalue weighted by atomic mass is 35.5. The molecule has 2 rings (SSSR count). The van der Waals surface area contributed by atoms with Gasteiger partial charge in [0.25, 0.3) is 0 Å². The number of halogens is 2. The molecule has 1 fully saturated rings. The first kappa shape index (κ1) is 16.4. The molecule has 1 aliphatic heterocycles. The third kappa shape index (κ3) is 4.32. The van der Waals surface area contributed by atoms with Crippen molar-refractivity contribution in [1.29, 1.82) is 0 Å². The van der Waals surface area contributed by atoms with Gasteiger partial charge in [0.05, 0.1) is 6.10 Å². The SMILES string of the molecule is Cl.Cl.NCc1ccc(N2CCC(O)CC2)nc1. The maximum atomic E-state index is 9.39. The molecular formula is C11H19Cl2N3O. The van der Waals surface area contributed by atoms with E-state index in [0.29, 0.717) is 6.54 Å². The Morgan fingerprint density at radius 2 is 1.94 bits per heavy atom. The minimum Gasteiger partial charge on any atom is -0.393 e. The van der Waals surface area contributed by atoms with Crippen LogP contribution in [0.15, 0.2) is 18.3 Å². The number of aliphatic hydroxyl groups excluding tert-OH is 1. The van der Waals surface area contributed by atoms with Crippen LogP contribution in [0.4, 0.5) is 5.82 Å². The molecule has 6 heteroatoms. The van der Waals surface area contributed by atoms with Gasteiger partial charge in [0, 0.05) is 25.8 Å². The first-order chi connectivity index (χ1) is 7.29. The lowest BCUT2D eigenvalue weighted by Crippen LogP contribution is -2.36. The predicted octanol–water partition coefficient (Wildman–Crippen LogP) is 1.35. The van der Waals surface area contributed by atoms with Gasteiger partial charge in [0.15, 0.2) is 0 Å². The van der Waals surface area contributed by atoms with Crippen molar-refractivity contribution in [2.45, 2.75) is 25.5 Å². The fraction of sp³-hybridized carbons (Fsp3) is 0.545. The minimum atomic E-state index is -0.135. The molecule has 0 amide bonds. The van der Waals surface area contributed by atoms with Gasteiger partial charge < -0.3 is 15.7 Å². The second kappa shape index (κ2) is 7.71. The van der Waals surface area contributed by atoms with Crippen LogP contribution in [-0.2, 0) is 6.54 Å². The summed E-state index contributed by atoms with van der Waals surface area (Å²) in [7, 11) is 0. The molecule has 1 aliphatic rings. The molecule has 4 nitrogen and oxygen atoms in total. The van der Waals surface area contributed by atoms with E-state index < -0.39 is 0 Å². The van der Waals surface area contributed by atoms with Gasteiger partial charge in [-0.2, -0.15) is 0 Å². The number of rotatable bonds is 2. The van der Waals surface area contributed by atoms with E-state index in [9.17, 15) is 5.11 Å². The standard InChI is InChI=1S/C11H17N3O.2ClH/c12-7-9-1-2-11(13-8-9)14-5-3-10(15)4-6-14;;/h1-2,8,10,15H,3-7,12H2;2*1H. The topological polar surface area (TPSA) is 62.4 Å². The Morgan fingerprint density at radius 1 is 1.29 bits per heavy atom. The summed E-state index contributed by atoms with van der Waals surface area (Å²) in [5.41, 5.74) is 6.56. The predicted molar refractivity (Wildman–Crippen MR) is 74.1 cm³/mol. The van der Waals surface area contributed by atoms with Crippen LogP contribution in [0.2, 0.25) is 0 Å². The average molecular weight is 280 g/mol. The van der Waals surface area contributed by atoms with E-state index in [2.05, 4.69) is 9.88 Å². The van der Waals surface area contributed by atoms with Crippen LogP contribution in [0.3, 0.4) is 0 Å². The number of nitrogens with zero attached hydrogens (tertiary/aromatic N) is 2. The first-order valence-electron chi connectivity index (χ1n) is 5.37. The molecule has 0 aromatic carbocycles. The molecule has 1 saturated heterocycles. The van der Waals surface area contributed by atoms with Crippen molar-refractivity contribution in [2.24, 2.45) is 5.73 Å². The molecule has 0 radical (unpaired) electrons. The lowest BCUT2D eigenvalue weighted by molar-refractivity contribution is 0.145. The summed E-state index contributed by atoms with van der Waals surface area (Å²) in [4.78, 5) is 6.56. The fourth-order valence-electron chi connectivity index (χ4n) is 1.82. The highest BCUT2D eigenvalue weighted by Gasteiger charge is 2.17. The third-order valence-electron chi connectivity index (χ3n) is 2.83. The van der Waals surface area contributed by atoms with Gasteiger partial charge in [0.1, 0.15) is 5.82 Å². The number of hydrogen-bond acceptors (Lipinski definition) is 4. The minimum absolute atomic E-state index is 0. The van der Waals surface area contributed by atoms with E-state index in [0.717, 1.165) is 37.3 Å². The molecule has 1 aromatic rings. The van der Waals surface area contributed by atoms with Crippen LogP contribution in [0.5, 0.6) is 0 Å². The fourth-order valence-corrected chi connectivity index (χ4v) is 1.82. The number of nitrogens with two attached hydrogens (primary N) is 1. The van der Waals surface area contributed by atoms with Crippen molar-refractivity contribution in [3.05, 3.63) is 23.9 Å². The van der Waals surface area contributed by atoms with E-state index in [-0.39, 0.29) is 30.9 Å². The van der Waals surface area contributed by atoms with Crippen LogP contribution >= 0.6 is 24.8 Å². The monoisotopic (exact) mass is 279 g/mol. The summed E-state index contributed by atoms with van der Waals surface area (Å²) in [6, 6.07) is 4.01. The molecule has 0 aliphatic carbocycles. The first-order valence-corrected chi connectivity index (χ1v) is 5.37. The molecule has 1 aromatic heterocycles. The van der Waals surface area contributed by atoms with E-state index >= 15 is 0 Å². The Hall–Kier alpha value is -0.550. The van der Waals surface area contributed by atoms with Gasteiger partial charge in [-0.15, -0.1) is 24.8 Å². The molecule has 0 atom stereocenters. The molecule has 0 unspecified atom stereocenters. The van der Waals surface area contributed by atoms with Gasteiger partial charge in [-0.1, -0.05) is 6.07 Å². The molecule has 0 saturated carbocycles. The number of hydrogen-bond donors (Lipinski definition) is 2. The Bertz CT molecular complexity index is 313. The average Bonchev–Trinajstić information content (AvgIpc) is 2.30. The Labute approximate surface area is 114 Å². The van der Waals surface area contributed by atoms with Gasteiger partial charge in [0.2, 0.25) is 0 Å². The Kier molecular flexibility index (Phi) is 7.46. The van der Waals surface area contributed by atoms with Crippen molar-refractivity contribution >= 4 is 30.6 Å². The third-order valence-corrected chi connectivity index (χ3v) is 2.83. The van der Waals surface area contributed by atoms with Crippen LogP contribution in [0.1, 0.15) is 18.4 Å². The molecule has 0 spiro atoms. The zero-order valence-corrected chi connectivity index (χ0v) is 11.2. The molecule has 0 bridgehead atoms. The maximum Gasteiger partial charge on any atom is 0.128 e. The van der Waals surface area contributed by atoms with Crippen molar-refractivity contribution < 1.29 is 5.11 Å². The van der Waals surface area contributed by atoms with E-state index in [4.69, 9.17) is 5.73 Å². The summed E-state index contributed by atoms with van der Waals surface area (Å²) in [5.74, 6) is 0.985. The molecular weight excluding hydrogens is 261 g/mol. The van der Waals surface area contributed by atoms with Crippen molar-refractivity contribution in [3.63, 3.8) is 0 Å². The summed E-state index contributed by atoms with van der Waals surface area (Å²) in [5, 5.41) is 9.39. The van der Waals surface area contributed by atoms with Crippen LogP contribution in [0, 0.1) is 0 Å². The second-order valence-corrected chi connectivity index (χ2v) is 3.95. The quantitative estimate of drug-likeness (QED) is 0.858. The maximum absolute atomic E-state index is 9.39. The summed E-state index contributed by atoms with van der Waals surface area (Å²) >= 11 is 0. The number of aliphatic hydroxyl groups is 1. The smallest absolute Gasteiger partial charge is 0.128 e. The Balaban J connectivity index is 0.00000128. The number of anilines is 1. The highest BCUT2D eigenvalue weighted by Crippen LogP contribution is 2.17. The van der Waals surface area contributed by atoms with Crippen LogP contribution in [0.25, 0.3) is 0 Å². The van der Waals surface area contributed by atoms with Gasteiger partial charge in [-0.25, -0.2) is 4.98 Å². The van der Waals surface area contributed by atoms with Gasteiger partial charge in [-0.05, 0) is 24.5 Å². The summed E-state index contributed by atoms with van der Waals surface area (Å²) in [6.07, 6.45) is 3.35. The van der Waals surface area contributed by atoms with Gasteiger partial charge >= 0.3 is 0 Å². The lowest BCUT2D eigenvalue weighted by atomic mass is 10.1. The number of aromatic nitrogens is 1. The normalized spacial score (nSPS) is 16.0. The summed E-state index contributed by atoms with van der Waals surface area (Å²) < 4.78 is 0. The number of piperidine rings is 1. The van der Waals surface area contributed by atoms with E-state index in [1.807, 2.05) is 18.3 Å². The zero-order valence-electron chi connectivity index (χ0n) is 9.58. The summed E-state index contributed by atoms with van der Waals surface area (Å²) in [6.45, 7) is 2.30. The Morgan fingerprint density at radius 3 is 2.41 bits per heavy atom. The number of pyridine rings is 1. The largest absolute Gasteiger partial charge is 0.393 e. The van der Waals surface area contributed by atoms with E-state index in [1.165, 1.54) is 0 Å². The second-order valence-electron chi connectivity index (χ2n) is 3.95. The van der Waals surface area contributed by atoms with Crippen molar-refractivity contribution in [3.8, 4) is 0 Å². The molecule has 98 valence electrons. The van der Waals surface area contributed by atoms with Crippen LogP contribution < -0.4 is 10.6 Å². The molecule has 17 heavy (non-hydrogen) atoms. The van der Waals surface area contributed by atoms with Crippen molar-refractivity contribution in [2.75, 3.05) is 18.0 Å². The molecule has 2 heterocycles. The zero-order chi connectivity index (χ0) is 10.7. The lowest BCUT2D eigenvalue weighted by Gasteiger charge is -2.30. The molecule has 3 N–H and O–H groups in total. The van der Waals surface area contributed by atoms with Crippen molar-refractivity contribution in [1.82, 2.24) is 4.98 Å². The highest BCUT2D eigenvalue weighted by molar-refractivity contribution is 5.85.